The number of rotatable bonds is 7. The van der Waals surface area contributed by atoms with E-state index in [0.29, 0.717) is 18.1 Å². The number of aliphatic hydroxyl groups excluding tert-OH is 1. The molecule has 3 rings (SSSR count). The lowest BCUT2D eigenvalue weighted by molar-refractivity contribution is -0.000132. The molecule has 1 N–H and O–H groups in total. The molecular formula is C22H41N5O. The minimum Gasteiger partial charge on any atom is -0.396 e. The summed E-state index contributed by atoms with van der Waals surface area (Å²) in [7, 11) is 0. The number of likely N-dealkylation sites (tertiary alicyclic amines) is 1. The summed E-state index contributed by atoms with van der Waals surface area (Å²) in [5.74, 6) is 0. The molecule has 160 valence electrons. The maximum Gasteiger partial charge on any atom is 0.0641 e. The first-order chi connectivity index (χ1) is 13.4. The van der Waals surface area contributed by atoms with E-state index < -0.39 is 0 Å². The quantitative estimate of drug-likeness (QED) is 0.773. The van der Waals surface area contributed by atoms with E-state index in [1.807, 2.05) is 0 Å². The third-order valence-electron chi connectivity index (χ3n) is 6.99. The Morgan fingerprint density at radius 1 is 1.11 bits per heavy atom. The highest BCUT2D eigenvalue weighted by Crippen LogP contribution is 2.25. The Bertz CT molecular complexity index is 621. The lowest BCUT2D eigenvalue weighted by Gasteiger charge is -2.48. The highest BCUT2D eigenvalue weighted by molar-refractivity contribution is 5.24. The lowest BCUT2D eigenvalue weighted by atomic mass is 9.97. The molecule has 6 heteroatoms. The van der Waals surface area contributed by atoms with Crippen LogP contribution in [-0.2, 0) is 13.1 Å². The molecule has 0 aromatic carbocycles. The Labute approximate surface area is 171 Å². The van der Waals surface area contributed by atoms with Gasteiger partial charge in [-0.3, -0.25) is 14.5 Å². The summed E-state index contributed by atoms with van der Waals surface area (Å²) in [6.07, 6.45) is 3.41. The Kier molecular flexibility index (Phi) is 7.54. The minimum atomic E-state index is 0.283. The first-order valence-corrected chi connectivity index (χ1v) is 11.3. The third kappa shape index (κ3) is 4.78. The van der Waals surface area contributed by atoms with Crippen LogP contribution in [0.3, 0.4) is 0 Å². The molecule has 1 atom stereocenters. The van der Waals surface area contributed by atoms with Gasteiger partial charge in [0.25, 0.3) is 0 Å². The molecule has 1 aromatic rings. The Morgan fingerprint density at radius 3 is 2.39 bits per heavy atom. The molecule has 2 aliphatic rings. The van der Waals surface area contributed by atoms with Crippen LogP contribution in [0.25, 0.3) is 0 Å². The summed E-state index contributed by atoms with van der Waals surface area (Å²) in [5, 5.41) is 14.4. The van der Waals surface area contributed by atoms with Crippen molar-refractivity contribution < 1.29 is 5.11 Å². The maximum atomic E-state index is 9.68. The van der Waals surface area contributed by atoms with E-state index >= 15 is 0 Å². The fraction of sp³-hybridized carbons (Fsp3) is 0.864. The lowest BCUT2D eigenvalue weighted by Crippen LogP contribution is -2.58. The van der Waals surface area contributed by atoms with E-state index in [4.69, 9.17) is 5.10 Å². The molecule has 2 fully saturated rings. The van der Waals surface area contributed by atoms with Crippen molar-refractivity contribution in [2.24, 2.45) is 0 Å². The first kappa shape index (κ1) is 21.8. The van der Waals surface area contributed by atoms with E-state index in [0.717, 1.165) is 39.1 Å². The van der Waals surface area contributed by atoms with Gasteiger partial charge in [0.2, 0.25) is 0 Å². The van der Waals surface area contributed by atoms with Crippen LogP contribution in [0.15, 0.2) is 0 Å². The van der Waals surface area contributed by atoms with Gasteiger partial charge >= 0.3 is 0 Å². The average Bonchev–Trinajstić information content (AvgIpc) is 2.96. The molecule has 2 aliphatic heterocycles. The van der Waals surface area contributed by atoms with Gasteiger partial charge in [-0.05, 0) is 67.0 Å². The summed E-state index contributed by atoms with van der Waals surface area (Å²) < 4.78 is 2.12. The molecule has 3 heterocycles. The molecule has 0 bridgehead atoms. The largest absolute Gasteiger partial charge is 0.396 e. The van der Waals surface area contributed by atoms with Crippen molar-refractivity contribution in [1.29, 1.82) is 0 Å². The number of aromatic nitrogens is 2. The van der Waals surface area contributed by atoms with Crippen LogP contribution < -0.4 is 0 Å². The molecule has 2 saturated heterocycles. The second-order valence-electron chi connectivity index (χ2n) is 8.97. The number of hydrogen-bond acceptors (Lipinski definition) is 5. The van der Waals surface area contributed by atoms with Gasteiger partial charge in [-0.15, -0.1) is 0 Å². The molecule has 28 heavy (non-hydrogen) atoms. The van der Waals surface area contributed by atoms with Gasteiger partial charge in [0.1, 0.15) is 0 Å². The molecule has 0 aliphatic carbocycles. The van der Waals surface area contributed by atoms with Crippen molar-refractivity contribution >= 4 is 0 Å². The summed E-state index contributed by atoms with van der Waals surface area (Å²) >= 11 is 0. The molecule has 0 saturated carbocycles. The second kappa shape index (κ2) is 9.70. The van der Waals surface area contributed by atoms with Crippen molar-refractivity contribution in [3.63, 3.8) is 0 Å². The van der Waals surface area contributed by atoms with Crippen LogP contribution in [0.5, 0.6) is 0 Å². The van der Waals surface area contributed by atoms with Gasteiger partial charge < -0.3 is 10.0 Å². The molecule has 0 amide bonds. The van der Waals surface area contributed by atoms with Gasteiger partial charge in [-0.1, -0.05) is 0 Å². The van der Waals surface area contributed by atoms with Crippen LogP contribution in [0.2, 0.25) is 0 Å². The molecule has 6 nitrogen and oxygen atoms in total. The van der Waals surface area contributed by atoms with Crippen molar-refractivity contribution in [2.45, 2.75) is 85.1 Å². The van der Waals surface area contributed by atoms with Gasteiger partial charge in [0, 0.05) is 68.7 Å². The third-order valence-corrected chi connectivity index (χ3v) is 6.99. The molecular weight excluding hydrogens is 350 g/mol. The smallest absolute Gasteiger partial charge is 0.0641 e. The average molecular weight is 392 g/mol. The molecule has 0 unspecified atom stereocenters. The van der Waals surface area contributed by atoms with E-state index in [9.17, 15) is 5.11 Å². The van der Waals surface area contributed by atoms with E-state index in [1.54, 1.807) is 0 Å². The Hall–Kier alpha value is -0.950. The zero-order chi connectivity index (χ0) is 20.3. The highest BCUT2D eigenvalue weighted by atomic mass is 16.3. The number of piperazine rings is 1. The summed E-state index contributed by atoms with van der Waals surface area (Å²) in [6, 6.07) is 1.80. The van der Waals surface area contributed by atoms with Crippen molar-refractivity contribution in [2.75, 3.05) is 39.3 Å². The number of piperidine rings is 1. The zero-order valence-corrected chi connectivity index (χ0v) is 18.7. The van der Waals surface area contributed by atoms with Crippen LogP contribution in [-0.4, -0.2) is 87.0 Å². The molecule has 0 spiro atoms. The van der Waals surface area contributed by atoms with Crippen LogP contribution in [0.4, 0.5) is 0 Å². The number of nitrogens with zero attached hydrogens (tertiary/aromatic N) is 5. The fourth-order valence-electron chi connectivity index (χ4n) is 5.19. The van der Waals surface area contributed by atoms with Gasteiger partial charge in [-0.2, -0.15) is 5.10 Å². The fourth-order valence-corrected chi connectivity index (χ4v) is 5.19. The van der Waals surface area contributed by atoms with Gasteiger partial charge in [0.05, 0.1) is 5.69 Å². The Balaban J connectivity index is 1.62. The van der Waals surface area contributed by atoms with Gasteiger partial charge in [-0.25, -0.2) is 0 Å². The summed E-state index contributed by atoms with van der Waals surface area (Å²) in [4.78, 5) is 7.90. The van der Waals surface area contributed by atoms with Crippen LogP contribution in [0, 0.1) is 13.8 Å². The SMILES string of the molecule is CCn1nc(C)c(CN2CCN(C3CCN(C(C)C)CC3)[C@H](CCO)C2)c1C. The first-order valence-electron chi connectivity index (χ1n) is 11.3. The predicted molar refractivity (Wildman–Crippen MR) is 115 cm³/mol. The van der Waals surface area contributed by atoms with Gasteiger partial charge in [0.15, 0.2) is 0 Å². The minimum absolute atomic E-state index is 0.283. The van der Waals surface area contributed by atoms with E-state index in [1.165, 1.54) is 42.9 Å². The molecule has 0 radical (unpaired) electrons. The number of hydrogen-bond donors (Lipinski definition) is 1. The number of aryl methyl sites for hydroxylation is 2. The Morgan fingerprint density at radius 2 is 1.82 bits per heavy atom. The second-order valence-corrected chi connectivity index (χ2v) is 8.97. The standard InChI is InChI=1S/C22H41N5O/c1-6-27-19(5)22(18(4)23-27)16-24-12-13-26(21(15-24)9-14-28)20-7-10-25(11-8-20)17(2)3/h17,20-21,28H,6-16H2,1-5H3/t21-/m1/s1. The van der Waals surface area contributed by atoms with Crippen molar-refractivity contribution in [1.82, 2.24) is 24.5 Å². The normalized spacial score (nSPS) is 23.8. The van der Waals surface area contributed by atoms with Crippen LogP contribution in [0.1, 0.15) is 57.0 Å². The predicted octanol–water partition coefficient (Wildman–Crippen LogP) is 2.26. The van der Waals surface area contributed by atoms with Crippen LogP contribution >= 0.6 is 0 Å². The van der Waals surface area contributed by atoms with E-state index in [2.05, 4.69) is 54.0 Å². The van der Waals surface area contributed by atoms with Crippen molar-refractivity contribution in [3.05, 3.63) is 17.0 Å². The topological polar surface area (TPSA) is 47.8 Å². The zero-order valence-electron chi connectivity index (χ0n) is 18.7. The highest BCUT2D eigenvalue weighted by Gasteiger charge is 2.34. The summed E-state index contributed by atoms with van der Waals surface area (Å²) in [6.45, 7) is 19.0. The van der Waals surface area contributed by atoms with Crippen molar-refractivity contribution in [3.8, 4) is 0 Å². The summed E-state index contributed by atoms with van der Waals surface area (Å²) in [5.41, 5.74) is 3.87. The molecule has 1 aromatic heterocycles. The number of aliphatic hydroxyl groups is 1. The van der Waals surface area contributed by atoms with E-state index in [-0.39, 0.29) is 6.61 Å². The monoisotopic (exact) mass is 391 g/mol. The maximum absolute atomic E-state index is 9.68.